The van der Waals surface area contributed by atoms with Crippen molar-refractivity contribution in [2.24, 2.45) is 0 Å². The summed E-state index contributed by atoms with van der Waals surface area (Å²) in [6, 6.07) is 0. The van der Waals surface area contributed by atoms with Crippen molar-refractivity contribution < 1.29 is 4.74 Å². The maximum Gasteiger partial charge on any atom is 0.284 e. The van der Waals surface area contributed by atoms with Crippen LogP contribution in [0.25, 0.3) is 0 Å². The summed E-state index contributed by atoms with van der Waals surface area (Å²) in [6.07, 6.45) is 1.55. The Labute approximate surface area is 92.2 Å². The number of halogens is 2. The average Bonchev–Trinajstić information content (AvgIpc) is 2.13. The topological polar surface area (TPSA) is 44.1 Å². The number of ether oxygens (including phenoxy) is 1. The summed E-state index contributed by atoms with van der Waals surface area (Å²) in [7, 11) is 0. The molecule has 0 spiro atoms. The Bertz CT molecular complexity index is 351. The van der Waals surface area contributed by atoms with Gasteiger partial charge in [0, 0.05) is 6.61 Å². The standard InChI is InChI=1S/C7H8Br2N2O2/c1-2-13-4-11-7(12)6(9)5(8)3-10-11/h3H,2,4H2,1H3. The highest BCUT2D eigenvalue weighted by molar-refractivity contribution is 9.13. The van der Waals surface area contributed by atoms with Crippen molar-refractivity contribution >= 4 is 31.9 Å². The quantitative estimate of drug-likeness (QED) is 0.854. The molecule has 1 heterocycles. The van der Waals surface area contributed by atoms with E-state index in [1.165, 1.54) is 4.68 Å². The first kappa shape index (κ1) is 10.9. The van der Waals surface area contributed by atoms with Gasteiger partial charge in [0.05, 0.1) is 10.7 Å². The highest BCUT2D eigenvalue weighted by Gasteiger charge is 2.05. The van der Waals surface area contributed by atoms with Crippen LogP contribution in [0, 0.1) is 0 Å². The molecular weight excluding hydrogens is 304 g/mol. The van der Waals surface area contributed by atoms with Gasteiger partial charge < -0.3 is 4.74 Å². The smallest absolute Gasteiger partial charge is 0.284 e. The predicted octanol–water partition coefficient (Wildman–Crippen LogP) is 1.76. The molecule has 0 aliphatic heterocycles. The molecule has 0 fully saturated rings. The summed E-state index contributed by atoms with van der Waals surface area (Å²) in [5.74, 6) is 0. The molecule has 1 aromatic heterocycles. The van der Waals surface area contributed by atoms with Gasteiger partial charge in [-0.2, -0.15) is 5.10 Å². The third-order valence-corrected chi connectivity index (χ3v) is 3.26. The second-order valence-corrected chi connectivity index (χ2v) is 3.88. The van der Waals surface area contributed by atoms with Crippen LogP contribution in [0.2, 0.25) is 0 Å². The minimum absolute atomic E-state index is 0.182. The van der Waals surface area contributed by atoms with Crippen molar-refractivity contribution in [2.45, 2.75) is 13.7 Å². The minimum Gasteiger partial charge on any atom is -0.359 e. The largest absolute Gasteiger partial charge is 0.359 e. The van der Waals surface area contributed by atoms with Crippen molar-refractivity contribution in [1.82, 2.24) is 9.78 Å². The third-order valence-electron chi connectivity index (χ3n) is 1.36. The molecule has 0 amide bonds. The Hall–Kier alpha value is -0.200. The van der Waals surface area contributed by atoms with Crippen LogP contribution in [0.15, 0.2) is 19.9 Å². The van der Waals surface area contributed by atoms with Gasteiger partial charge in [-0.15, -0.1) is 0 Å². The fourth-order valence-corrected chi connectivity index (χ4v) is 1.28. The first-order valence-electron chi connectivity index (χ1n) is 3.65. The summed E-state index contributed by atoms with van der Waals surface area (Å²) < 4.78 is 7.41. The molecule has 0 radical (unpaired) electrons. The van der Waals surface area contributed by atoms with E-state index in [9.17, 15) is 4.79 Å². The predicted molar refractivity (Wildman–Crippen MR) is 55.5 cm³/mol. The molecule has 0 unspecified atom stereocenters. The number of nitrogens with zero attached hydrogens (tertiary/aromatic N) is 2. The maximum absolute atomic E-state index is 11.4. The number of rotatable bonds is 3. The summed E-state index contributed by atoms with van der Waals surface area (Å²) in [4.78, 5) is 11.4. The Morgan fingerprint density at radius 2 is 2.31 bits per heavy atom. The second-order valence-electron chi connectivity index (χ2n) is 2.23. The van der Waals surface area contributed by atoms with Crippen molar-refractivity contribution in [3.05, 3.63) is 25.5 Å². The van der Waals surface area contributed by atoms with E-state index in [1.54, 1.807) is 6.20 Å². The SMILES string of the molecule is CCOCn1ncc(Br)c(Br)c1=O. The van der Waals surface area contributed by atoms with Gasteiger partial charge in [-0.3, -0.25) is 4.79 Å². The normalized spacial score (nSPS) is 10.4. The average molecular weight is 312 g/mol. The molecule has 13 heavy (non-hydrogen) atoms. The lowest BCUT2D eigenvalue weighted by molar-refractivity contribution is 0.0752. The fraction of sp³-hybridized carbons (Fsp3) is 0.429. The van der Waals surface area contributed by atoms with Crippen LogP contribution in [-0.2, 0) is 11.5 Å². The monoisotopic (exact) mass is 310 g/mol. The lowest BCUT2D eigenvalue weighted by atomic mass is 10.6. The van der Waals surface area contributed by atoms with Crippen LogP contribution in [0.5, 0.6) is 0 Å². The van der Waals surface area contributed by atoms with Crippen LogP contribution >= 0.6 is 31.9 Å². The number of hydrogen-bond acceptors (Lipinski definition) is 3. The zero-order valence-corrected chi connectivity index (χ0v) is 10.1. The molecule has 6 heteroatoms. The zero-order chi connectivity index (χ0) is 9.84. The molecule has 4 nitrogen and oxygen atoms in total. The zero-order valence-electron chi connectivity index (χ0n) is 6.96. The Balaban J connectivity index is 2.97. The first-order chi connectivity index (χ1) is 6.16. The number of aromatic nitrogens is 2. The molecule has 0 atom stereocenters. The fourth-order valence-electron chi connectivity index (χ4n) is 0.715. The molecule has 0 aromatic carbocycles. The van der Waals surface area contributed by atoms with Crippen LogP contribution in [0.4, 0.5) is 0 Å². The van der Waals surface area contributed by atoms with Gasteiger partial charge in [-0.1, -0.05) is 0 Å². The molecule has 0 saturated carbocycles. The molecule has 0 aliphatic carbocycles. The first-order valence-corrected chi connectivity index (χ1v) is 5.24. The summed E-state index contributed by atoms with van der Waals surface area (Å²) in [5.41, 5.74) is -0.206. The van der Waals surface area contributed by atoms with Gasteiger partial charge >= 0.3 is 0 Å². The van der Waals surface area contributed by atoms with Crippen LogP contribution < -0.4 is 5.56 Å². The van der Waals surface area contributed by atoms with Crippen molar-refractivity contribution in [3.8, 4) is 0 Å². The molecule has 0 aliphatic rings. The highest BCUT2D eigenvalue weighted by atomic mass is 79.9. The molecule has 0 saturated heterocycles. The highest BCUT2D eigenvalue weighted by Crippen LogP contribution is 2.16. The molecular formula is C7H8Br2N2O2. The van der Waals surface area contributed by atoms with Gasteiger partial charge in [0.15, 0.2) is 0 Å². The van der Waals surface area contributed by atoms with E-state index in [4.69, 9.17) is 4.74 Å². The molecule has 1 aromatic rings. The van der Waals surface area contributed by atoms with Gasteiger partial charge in [0.25, 0.3) is 5.56 Å². The van der Waals surface area contributed by atoms with E-state index in [0.717, 1.165) is 0 Å². The second kappa shape index (κ2) is 4.88. The van der Waals surface area contributed by atoms with Gasteiger partial charge in [-0.25, -0.2) is 4.68 Å². The summed E-state index contributed by atoms with van der Waals surface area (Å²) in [6.45, 7) is 2.60. The molecule has 0 N–H and O–H groups in total. The lowest BCUT2D eigenvalue weighted by Crippen LogP contribution is -2.24. The van der Waals surface area contributed by atoms with Crippen molar-refractivity contribution in [3.63, 3.8) is 0 Å². The van der Waals surface area contributed by atoms with Crippen molar-refractivity contribution in [2.75, 3.05) is 6.61 Å². The van der Waals surface area contributed by atoms with E-state index in [-0.39, 0.29) is 12.3 Å². The van der Waals surface area contributed by atoms with E-state index in [0.29, 0.717) is 15.6 Å². The van der Waals surface area contributed by atoms with Crippen LogP contribution in [-0.4, -0.2) is 16.4 Å². The minimum atomic E-state index is -0.206. The Kier molecular flexibility index (Phi) is 4.08. The van der Waals surface area contributed by atoms with E-state index in [1.807, 2.05) is 6.92 Å². The third kappa shape index (κ3) is 2.62. The van der Waals surface area contributed by atoms with Crippen LogP contribution in [0.3, 0.4) is 0 Å². The summed E-state index contributed by atoms with van der Waals surface area (Å²) in [5, 5.41) is 3.88. The molecule has 72 valence electrons. The van der Waals surface area contributed by atoms with E-state index in [2.05, 4.69) is 37.0 Å². The van der Waals surface area contributed by atoms with Crippen LogP contribution in [0.1, 0.15) is 6.92 Å². The maximum atomic E-state index is 11.4. The molecule has 0 bridgehead atoms. The van der Waals surface area contributed by atoms with Gasteiger partial charge in [0.2, 0.25) is 0 Å². The molecule has 1 rings (SSSR count). The van der Waals surface area contributed by atoms with E-state index < -0.39 is 0 Å². The van der Waals surface area contributed by atoms with Gasteiger partial charge in [-0.05, 0) is 38.8 Å². The summed E-state index contributed by atoms with van der Waals surface area (Å²) >= 11 is 6.33. The van der Waals surface area contributed by atoms with E-state index >= 15 is 0 Å². The van der Waals surface area contributed by atoms with Crippen molar-refractivity contribution in [1.29, 1.82) is 0 Å². The Morgan fingerprint density at radius 3 is 2.92 bits per heavy atom. The lowest BCUT2D eigenvalue weighted by Gasteiger charge is -2.04. The Morgan fingerprint density at radius 1 is 1.62 bits per heavy atom. The number of hydrogen-bond donors (Lipinski definition) is 0. The van der Waals surface area contributed by atoms with Gasteiger partial charge in [0.1, 0.15) is 11.2 Å².